The average Bonchev–Trinajstić information content (AvgIpc) is 2.46. The van der Waals surface area contributed by atoms with Crippen LogP contribution in [0.4, 0.5) is 5.69 Å². The van der Waals surface area contributed by atoms with E-state index in [2.05, 4.69) is 5.32 Å². The molecule has 3 N–H and O–H groups in total. The van der Waals surface area contributed by atoms with E-state index in [9.17, 15) is 15.0 Å². The van der Waals surface area contributed by atoms with E-state index in [4.69, 9.17) is 0 Å². The summed E-state index contributed by atoms with van der Waals surface area (Å²) in [5.41, 5.74) is 2.55. The predicted molar refractivity (Wildman–Crippen MR) is 82.6 cm³/mol. The maximum Gasteiger partial charge on any atom is 0.231 e. The summed E-state index contributed by atoms with van der Waals surface area (Å²) in [6, 6.07) is 12.1. The van der Waals surface area contributed by atoms with Gasteiger partial charge in [-0.2, -0.15) is 0 Å². The summed E-state index contributed by atoms with van der Waals surface area (Å²) < 4.78 is 0. The maximum absolute atomic E-state index is 12.4. The van der Waals surface area contributed by atoms with Crippen LogP contribution in [0.2, 0.25) is 0 Å². The van der Waals surface area contributed by atoms with Gasteiger partial charge in [-0.15, -0.1) is 0 Å². The molecule has 0 bridgehead atoms. The summed E-state index contributed by atoms with van der Waals surface area (Å²) in [5.74, 6) is -0.911. The first-order valence-corrected chi connectivity index (χ1v) is 6.90. The highest BCUT2D eigenvalue weighted by Gasteiger charge is 2.20. The van der Waals surface area contributed by atoms with Gasteiger partial charge in [-0.3, -0.25) is 4.79 Å². The van der Waals surface area contributed by atoms with Gasteiger partial charge in [0.15, 0.2) is 11.5 Å². The van der Waals surface area contributed by atoms with Crippen molar-refractivity contribution < 1.29 is 15.0 Å². The molecule has 0 aliphatic rings. The van der Waals surface area contributed by atoms with Gasteiger partial charge in [-0.25, -0.2) is 0 Å². The van der Waals surface area contributed by atoms with Crippen LogP contribution in [0.5, 0.6) is 11.5 Å². The Morgan fingerprint density at radius 1 is 1.10 bits per heavy atom. The van der Waals surface area contributed by atoms with Gasteiger partial charge >= 0.3 is 0 Å². The zero-order chi connectivity index (χ0) is 15.4. The van der Waals surface area contributed by atoms with E-state index >= 15 is 0 Å². The lowest BCUT2D eigenvalue weighted by Crippen LogP contribution is -2.20. The van der Waals surface area contributed by atoms with Crippen molar-refractivity contribution in [1.29, 1.82) is 0 Å². The van der Waals surface area contributed by atoms with Crippen molar-refractivity contribution in [2.75, 3.05) is 5.32 Å². The van der Waals surface area contributed by atoms with Gasteiger partial charge in [-0.1, -0.05) is 30.7 Å². The first kappa shape index (κ1) is 14.9. The van der Waals surface area contributed by atoms with Gasteiger partial charge in [0.05, 0.1) is 5.92 Å². The summed E-state index contributed by atoms with van der Waals surface area (Å²) in [5, 5.41) is 21.8. The molecule has 1 amide bonds. The number of phenolic OH excluding ortho intramolecular Hbond substituents is 2. The second-order valence-corrected chi connectivity index (χ2v) is 5.06. The maximum atomic E-state index is 12.4. The molecule has 4 nitrogen and oxygen atoms in total. The standard InChI is InChI=1S/C17H19NO3/c1-3-14(12-6-9-15(19)16(20)10-12)17(21)18-13-7-4-11(2)5-8-13/h4-10,14,19-20H,3H2,1-2H3,(H,18,21). The lowest BCUT2D eigenvalue weighted by atomic mass is 9.95. The smallest absolute Gasteiger partial charge is 0.231 e. The number of nitrogens with one attached hydrogen (secondary N) is 1. The monoisotopic (exact) mass is 285 g/mol. The highest BCUT2D eigenvalue weighted by molar-refractivity contribution is 5.95. The molecular weight excluding hydrogens is 266 g/mol. The molecule has 0 fully saturated rings. The van der Waals surface area contributed by atoms with E-state index in [1.165, 1.54) is 12.1 Å². The number of amides is 1. The summed E-state index contributed by atoms with van der Waals surface area (Å²) in [7, 11) is 0. The lowest BCUT2D eigenvalue weighted by molar-refractivity contribution is -0.117. The Kier molecular flexibility index (Phi) is 4.48. The van der Waals surface area contributed by atoms with Crippen molar-refractivity contribution in [3.63, 3.8) is 0 Å². The molecule has 0 aromatic heterocycles. The summed E-state index contributed by atoms with van der Waals surface area (Å²) in [6.45, 7) is 3.89. The van der Waals surface area contributed by atoms with E-state index in [1.807, 2.05) is 38.1 Å². The van der Waals surface area contributed by atoms with Crippen LogP contribution in [0.15, 0.2) is 42.5 Å². The van der Waals surface area contributed by atoms with Crippen molar-refractivity contribution in [3.8, 4) is 11.5 Å². The fourth-order valence-corrected chi connectivity index (χ4v) is 2.20. The topological polar surface area (TPSA) is 69.6 Å². The molecule has 110 valence electrons. The zero-order valence-electron chi connectivity index (χ0n) is 12.1. The number of aryl methyl sites for hydroxylation is 1. The molecule has 4 heteroatoms. The highest BCUT2D eigenvalue weighted by atomic mass is 16.3. The molecule has 2 aromatic carbocycles. The van der Waals surface area contributed by atoms with Crippen molar-refractivity contribution in [1.82, 2.24) is 0 Å². The molecule has 1 unspecified atom stereocenters. The number of hydrogen-bond acceptors (Lipinski definition) is 3. The zero-order valence-corrected chi connectivity index (χ0v) is 12.1. The Balaban J connectivity index is 2.18. The fraction of sp³-hybridized carbons (Fsp3) is 0.235. The Bertz CT molecular complexity index is 635. The summed E-state index contributed by atoms with van der Waals surface area (Å²) >= 11 is 0. The minimum Gasteiger partial charge on any atom is -0.504 e. The molecule has 2 aromatic rings. The van der Waals surface area contributed by atoms with Crippen LogP contribution in [0.3, 0.4) is 0 Å². The van der Waals surface area contributed by atoms with E-state index in [0.29, 0.717) is 12.0 Å². The first-order valence-electron chi connectivity index (χ1n) is 6.90. The molecular formula is C17H19NO3. The molecule has 0 spiro atoms. The van der Waals surface area contributed by atoms with Gasteiger partial charge in [-0.05, 0) is 43.2 Å². The highest BCUT2D eigenvalue weighted by Crippen LogP contribution is 2.30. The molecule has 2 rings (SSSR count). The molecule has 21 heavy (non-hydrogen) atoms. The Morgan fingerprint density at radius 3 is 2.33 bits per heavy atom. The minimum absolute atomic E-state index is 0.133. The van der Waals surface area contributed by atoms with Gasteiger partial charge in [0.1, 0.15) is 0 Å². The van der Waals surface area contributed by atoms with Crippen LogP contribution in [0.25, 0.3) is 0 Å². The van der Waals surface area contributed by atoms with Gasteiger partial charge in [0, 0.05) is 5.69 Å². The first-order chi connectivity index (χ1) is 10.0. The van der Waals surface area contributed by atoms with Crippen LogP contribution >= 0.6 is 0 Å². The third kappa shape index (κ3) is 3.54. The fourth-order valence-electron chi connectivity index (χ4n) is 2.20. The number of phenols is 2. The lowest BCUT2D eigenvalue weighted by Gasteiger charge is -2.16. The van der Waals surface area contributed by atoms with Crippen LogP contribution in [-0.2, 0) is 4.79 Å². The summed E-state index contributed by atoms with van der Waals surface area (Å²) in [6.07, 6.45) is 0.599. The third-order valence-electron chi connectivity index (χ3n) is 3.45. The number of aromatic hydroxyl groups is 2. The number of rotatable bonds is 4. The number of benzene rings is 2. The van der Waals surface area contributed by atoms with Gasteiger partial charge in [0.25, 0.3) is 0 Å². The van der Waals surface area contributed by atoms with E-state index in [-0.39, 0.29) is 23.3 Å². The average molecular weight is 285 g/mol. The minimum atomic E-state index is -0.377. The molecule has 0 aliphatic heterocycles. The number of hydrogen-bond donors (Lipinski definition) is 3. The van der Waals surface area contributed by atoms with E-state index < -0.39 is 0 Å². The molecule has 1 atom stereocenters. The SMILES string of the molecule is CCC(C(=O)Nc1ccc(C)cc1)c1ccc(O)c(O)c1. The normalized spacial score (nSPS) is 11.9. The second kappa shape index (κ2) is 6.31. The van der Waals surface area contributed by atoms with Crippen molar-refractivity contribution in [2.45, 2.75) is 26.2 Å². The van der Waals surface area contributed by atoms with Crippen molar-refractivity contribution >= 4 is 11.6 Å². The molecule has 0 heterocycles. The molecule has 0 saturated carbocycles. The largest absolute Gasteiger partial charge is 0.504 e. The van der Waals surface area contributed by atoms with Gasteiger partial charge < -0.3 is 15.5 Å². The summed E-state index contributed by atoms with van der Waals surface area (Å²) in [4.78, 5) is 12.4. The van der Waals surface area contributed by atoms with Crippen LogP contribution < -0.4 is 5.32 Å². The number of carbonyl (C=O) groups is 1. The van der Waals surface area contributed by atoms with Crippen LogP contribution in [0, 0.1) is 6.92 Å². The molecule has 0 radical (unpaired) electrons. The van der Waals surface area contributed by atoms with E-state index in [0.717, 1.165) is 11.3 Å². The Hall–Kier alpha value is -2.49. The molecule has 0 aliphatic carbocycles. The number of anilines is 1. The Labute approximate surface area is 124 Å². The second-order valence-electron chi connectivity index (χ2n) is 5.06. The molecule has 0 saturated heterocycles. The predicted octanol–water partition coefficient (Wildman–Crippen LogP) is 3.54. The quantitative estimate of drug-likeness (QED) is 0.752. The Morgan fingerprint density at radius 2 is 1.76 bits per heavy atom. The van der Waals surface area contributed by atoms with Gasteiger partial charge in [0.2, 0.25) is 5.91 Å². The van der Waals surface area contributed by atoms with Crippen molar-refractivity contribution in [2.24, 2.45) is 0 Å². The third-order valence-corrected chi connectivity index (χ3v) is 3.45. The van der Waals surface area contributed by atoms with Crippen LogP contribution in [0.1, 0.15) is 30.4 Å². The van der Waals surface area contributed by atoms with Crippen molar-refractivity contribution in [3.05, 3.63) is 53.6 Å². The van der Waals surface area contributed by atoms with E-state index in [1.54, 1.807) is 6.07 Å². The van der Waals surface area contributed by atoms with Crippen LogP contribution in [-0.4, -0.2) is 16.1 Å². The number of carbonyl (C=O) groups excluding carboxylic acids is 1.